The molecule has 1 atom stereocenters. The van der Waals surface area contributed by atoms with Crippen molar-refractivity contribution in [2.24, 2.45) is 0 Å². The maximum absolute atomic E-state index is 14.3. The molecular formula is C20H23FN4O4. The number of fused-ring (bicyclic) bond motifs is 1. The maximum atomic E-state index is 14.3. The number of carbonyl (C=O) groups excluding carboxylic acids is 2. The lowest BCUT2D eigenvalue weighted by Gasteiger charge is -2.21. The van der Waals surface area contributed by atoms with Crippen LogP contribution in [-0.4, -0.2) is 48.5 Å². The standard InChI is InChI=1S/C20H23FN4O4/c1-11-5-6-25(12(2)9-24(3)4)20(28)17(11)19(27)22-13-7-14(21)18-15(8-13)23-16(26)10-29-18/h5-8,12H,9-10H2,1-4H3,(H,22,27)(H,23,26). The van der Waals surface area contributed by atoms with Gasteiger partial charge in [0.05, 0.1) is 5.69 Å². The van der Waals surface area contributed by atoms with Crippen molar-refractivity contribution < 1.29 is 18.7 Å². The van der Waals surface area contributed by atoms with E-state index in [9.17, 15) is 18.8 Å². The van der Waals surface area contributed by atoms with Crippen molar-refractivity contribution in [2.75, 3.05) is 37.9 Å². The highest BCUT2D eigenvalue weighted by Crippen LogP contribution is 2.34. The molecule has 0 saturated carbocycles. The van der Waals surface area contributed by atoms with Crippen molar-refractivity contribution in [3.63, 3.8) is 0 Å². The third kappa shape index (κ3) is 4.29. The fraction of sp³-hybridized carbons (Fsp3) is 0.350. The second kappa shape index (κ2) is 8.04. The number of rotatable bonds is 5. The van der Waals surface area contributed by atoms with Crippen LogP contribution in [-0.2, 0) is 4.79 Å². The van der Waals surface area contributed by atoms with Crippen molar-refractivity contribution >= 4 is 23.2 Å². The highest BCUT2D eigenvalue weighted by molar-refractivity contribution is 6.05. The largest absolute Gasteiger partial charge is 0.478 e. The topological polar surface area (TPSA) is 92.7 Å². The third-order valence-electron chi connectivity index (χ3n) is 4.58. The van der Waals surface area contributed by atoms with Crippen molar-refractivity contribution in [1.29, 1.82) is 0 Å². The summed E-state index contributed by atoms with van der Waals surface area (Å²) in [6, 6.07) is 4.03. The average Bonchev–Trinajstić information content (AvgIpc) is 2.60. The van der Waals surface area contributed by atoms with Gasteiger partial charge in [-0.15, -0.1) is 0 Å². The number of halogens is 1. The number of aryl methyl sites for hydroxylation is 1. The molecule has 0 radical (unpaired) electrons. The molecule has 0 spiro atoms. The second-order valence-electron chi connectivity index (χ2n) is 7.32. The van der Waals surface area contributed by atoms with Gasteiger partial charge in [-0.25, -0.2) is 4.39 Å². The molecule has 2 aromatic rings. The minimum Gasteiger partial charge on any atom is -0.478 e. The fourth-order valence-electron chi connectivity index (χ4n) is 3.30. The zero-order chi connectivity index (χ0) is 21.3. The molecular weight excluding hydrogens is 379 g/mol. The van der Waals surface area contributed by atoms with Crippen molar-refractivity contribution in [2.45, 2.75) is 19.9 Å². The molecule has 9 heteroatoms. The summed E-state index contributed by atoms with van der Waals surface area (Å²) in [6.07, 6.45) is 1.66. The van der Waals surface area contributed by atoms with Crippen LogP contribution in [0.2, 0.25) is 0 Å². The number of pyridine rings is 1. The number of nitrogens with one attached hydrogen (secondary N) is 2. The summed E-state index contributed by atoms with van der Waals surface area (Å²) >= 11 is 0. The van der Waals surface area contributed by atoms with E-state index < -0.39 is 23.2 Å². The number of nitrogens with zero attached hydrogens (tertiary/aromatic N) is 2. The molecule has 0 bridgehead atoms. The maximum Gasteiger partial charge on any atom is 0.263 e. The third-order valence-corrected chi connectivity index (χ3v) is 4.58. The lowest BCUT2D eigenvalue weighted by molar-refractivity contribution is -0.118. The zero-order valence-electron chi connectivity index (χ0n) is 16.7. The summed E-state index contributed by atoms with van der Waals surface area (Å²) in [6.45, 7) is 3.90. The van der Waals surface area contributed by atoms with E-state index in [-0.39, 0.29) is 35.3 Å². The number of hydrogen-bond acceptors (Lipinski definition) is 5. The molecule has 154 valence electrons. The molecule has 1 aromatic carbocycles. The van der Waals surface area contributed by atoms with Crippen LogP contribution in [0.5, 0.6) is 5.75 Å². The summed E-state index contributed by atoms with van der Waals surface area (Å²) in [5.74, 6) is -1.88. The molecule has 0 saturated heterocycles. The van der Waals surface area contributed by atoms with Gasteiger partial charge in [0.2, 0.25) is 0 Å². The van der Waals surface area contributed by atoms with Gasteiger partial charge in [-0.05, 0) is 45.6 Å². The summed E-state index contributed by atoms with van der Waals surface area (Å²) in [4.78, 5) is 39.2. The van der Waals surface area contributed by atoms with Gasteiger partial charge in [0.15, 0.2) is 18.2 Å². The molecule has 2 amide bonds. The normalized spacial score (nSPS) is 14.1. The van der Waals surface area contributed by atoms with E-state index in [4.69, 9.17) is 4.74 Å². The van der Waals surface area contributed by atoms with Gasteiger partial charge in [0, 0.05) is 30.5 Å². The smallest absolute Gasteiger partial charge is 0.263 e. The van der Waals surface area contributed by atoms with E-state index in [0.29, 0.717) is 12.1 Å². The predicted octanol–water partition coefficient (Wildman–Crippen LogP) is 2.00. The Hall–Kier alpha value is -3.20. The quantitative estimate of drug-likeness (QED) is 0.798. The molecule has 1 aromatic heterocycles. The Labute approximate surface area is 167 Å². The van der Waals surface area contributed by atoms with E-state index >= 15 is 0 Å². The van der Waals surface area contributed by atoms with Gasteiger partial charge in [0.25, 0.3) is 17.4 Å². The first-order chi connectivity index (χ1) is 13.7. The molecule has 3 rings (SSSR count). The number of likely N-dealkylation sites (N-methyl/N-ethyl adjacent to an activating group) is 1. The Morgan fingerprint density at radius 3 is 2.79 bits per heavy atom. The first-order valence-corrected chi connectivity index (χ1v) is 9.11. The van der Waals surface area contributed by atoms with Crippen LogP contribution < -0.4 is 20.9 Å². The number of hydrogen-bond donors (Lipinski definition) is 2. The molecule has 0 aliphatic carbocycles. The Morgan fingerprint density at radius 2 is 2.10 bits per heavy atom. The highest BCUT2D eigenvalue weighted by Gasteiger charge is 2.23. The molecule has 0 fully saturated rings. The highest BCUT2D eigenvalue weighted by atomic mass is 19.1. The monoisotopic (exact) mass is 402 g/mol. The summed E-state index contributed by atoms with van der Waals surface area (Å²) in [7, 11) is 3.80. The van der Waals surface area contributed by atoms with Crippen LogP contribution in [0.15, 0.2) is 29.2 Å². The van der Waals surface area contributed by atoms with E-state index in [1.807, 2.05) is 25.9 Å². The summed E-state index contributed by atoms with van der Waals surface area (Å²) < 4.78 is 20.8. The Morgan fingerprint density at radius 1 is 1.38 bits per heavy atom. The van der Waals surface area contributed by atoms with Gasteiger partial charge < -0.3 is 24.8 Å². The molecule has 1 aliphatic rings. The number of carbonyl (C=O) groups is 2. The van der Waals surface area contributed by atoms with Crippen LogP contribution in [0.4, 0.5) is 15.8 Å². The number of amides is 2. The Balaban J connectivity index is 1.92. The van der Waals surface area contributed by atoms with Crippen molar-refractivity contribution in [3.8, 4) is 5.75 Å². The summed E-state index contributed by atoms with van der Waals surface area (Å²) in [5, 5.41) is 5.04. The molecule has 1 aliphatic heterocycles. The van der Waals surface area contributed by atoms with E-state index in [1.165, 1.54) is 10.6 Å². The molecule has 1 unspecified atom stereocenters. The van der Waals surface area contributed by atoms with E-state index in [0.717, 1.165) is 6.07 Å². The van der Waals surface area contributed by atoms with Crippen molar-refractivity contribution in [1.82, 2.24) is 9.47 Å². The lowest BCUT2D eigenvalue weighted by atomic mass is 10.1. The number of aromatic nitrogens is 1. The van der Waals surface area contributed by atoms with Crippen molar-refractivity contribution in [3.05, 3.63) is 51.7 Å². The Kier molecular flexibility index (Phi) is 5.69. The number of benzene rings is 1. The number of ether oxygens (including phenoxy) is 1. The molecule has 2 N–H and O–H groups in total. The molecule has 29 heavy (non-hydrogen) atoms. The van der Waals surface area contributed by atoms with E-state index in [2.05, 4.69) is 10.6 Å². The van der Waals surface area contributed by atoms with Gasteiger partial charge >= 0.3 is 0 Å². The van der Waals surface area contributed by atoms with Crippen LogP contribution in [0.25, 0.3) is 0 Å². The first-order valence-electron chi connectivity index (χ1n) is 9.11. The van der Waals surface area contributed by atoms with Gasteiger partial charge in [-0.3, -0.25) is 14.4 Å². The number of anilines is 2. The minimum absolute atomic E-state index is 0.0171. The first kappa shape index (κ1) is 20.5. The van der Waals surface area contributed by atoms with Crippen LogP contribution in [0, 0.1) is 12.7 Å². The minimum atomic E-state index is -0.723. The zero-order valence-corrected chi connectivity index (χ0v) is 16.7. The van der Waals surface area contributed by atoms with Crippen LogP contribution >= 0.6 is 0 Å². The van der Waals surface area contributed by atoms with E-state index in [1.54, 1.807) is 19.2 Å². The lowest BCUT2D eigenvalue weighted by Crippen LogP contribution is -2.34. The Bertz CT molecular complexity index is 1030. The van der Waals surface area contributed by atoms with Crippen LogP contribution in [0.1, 0.15) is 28.9 Å². The predicted molar refractivity (Wildman–Crippen MR) is 107 cm³/mol. The molecule has 8 nitrogen and oxygen atoms in total. The van der Waals surface area contributed by atoms with Gasteiger partial charge in [0.1, 0.15) is 5.56 Å². The van der Waals surface area contributed by atoms with Gasteiger partial charge in [-0.2, -0.15) is 0 Å². The second-order valence-corrected chi connectivity index (χ2v) is 7.32. The van der Waals surface area contributed by atoms with Gasteiger partial charge in [-0.1, -0.05) is 0 Å². The average molecular weight is 402 g/mol. The fourth-order valence-corrected chi connectivity index (χ4v) is 3.30. The van der Waals surface area contributed by atoms with Crippen LogP contribution in [0.3, 0.4) is 0 Å². The SMILES string of the molecule is Cc1ccn(C(C)CN(C)C)c(=O)c1C(=O)Nc1cc(F)c2c(c1)NC(=O)CO2. The molecule has 2 heterocycles. The summed E-state index contributed by atoms with van der Waals surface area (Å²) in [5.41, 5.74) is 0.297.